The first-order valence-corrected chi connectivity index (χ1v) is 8.31. The number of rotatable bonds is 8. The first-order chi connectivity index (χ1) is 10.3. The average molecular weight is 308 g/mol. The summed E-state index contributed by atoms with van der Waals surface area (Å²) in [7, 11) is 1.92. The maximum Gasteiger partial charge on any atom is 0.224 e. The summed E-state index contributed by atoms with van der Waals surface area (Å²) in [6.45, 7) is 15.5. The second-order valence-electron chi connectivity index (χ2n) is 6.29. The smallest absolute Gasteiger partial charge is 0.224 e. The number of carbonyl (C=O) groups is 1. The third-order valence-electron chi connectivity index (χ3n) is 4.56. The van der Waals surface area contributed by atoms with Crippen LogP contribution < -0.4 is 5.32 Å². The highest BCUT2D eigenvalue weighted by atomic mass is 16.1. The molecule has 0 aliphatic heterocycles. The Bertz CT molecular complexity index is 489. The second kappa shape index (κ2) is 8.32. The Morgan fingerprint density at radius 1 is 1.27 bits per heavy atom. The van der Waals surface area contributed by atoms with Gasteiger partial charge in [0.05, 0.1) is 12.1 Å². The summed E-state index contributed by atoms with van der Waals surface area (Å²) in [5.74, 6) is 0.596. The van der Waals surface area contributed by atoms with E-state index in [2.05, 4.69) is 43.0 Å². The van der Waals surface area contributed by atoms with E-state index in [-0.39, 0.29) is 5.91 Å². The first kappa shape index (κ1) is 18.7. The van der Waals surface area contributed by atoms with Crippen LogP contribution in [-0.4, -0.2) is 46.3 Å². The summed E-state index contributed by atoms with van der Waals surface area (Å²) in [5.41, 5.74) is 3.06. The third kappa shape index (κ3) is 4.57. The summed E-state index contributed by atoms with van der Waals surface area (Å²) in [5, 5.41) is 7.48. The van der Waals surface area contributed by atoms with Gasteiger partial charge in [-0.2, -0.15) is 5.10 Å². The van der Waals surface area contributed by atoms with Gasteiger partial charge in [0, 0.05) is 30.9 Å². The molecule has 1 atom stereocenters. The molecule has 0 fully saturated rings. The summed E-state index contributed by atoms with van der Waals surface area (Å²) >= 11 is 0. The van der Waals surface area contributed by atoms with Gasteiger partial charge in [-0.15, -0.1) is 0 Å². The molecule has 5 nitrogen and oxygen atoms in total. The van der Waals surface area contributed by atoms with Crippen molar-refractivity contribution in [3.05, 3.63) is 17.0 Å². The molecule has 1 rings (SSSR count). The molecule has 22 heavy (non-hydrogen) atoms. The summed E-state index contributed by atoms with van der Waals surface area (Å²) in [6, 6.07) is 0.384. The van der Waals surface area contributed by atoms with Gasteiger partial charge in [-0.25, -0.2) is 0 Å². The average Bonchev–Trinajstić information content (AvgIpc) is 2.69. The molecule has 0 saturated carbocycles. The molecular weight excluding hydrogens is 276 g/mol. The zero-order chi connectivity index (χ0) is 16.9. The fourth-order valence-electron chi connectivity index (χ4n) is 2.99. The standard InChI is InChI=1S/C17H32N4O/c1-8-21(9-2)16(12(3)4)11-18-17(22)10-15-13(5)19-20(7)14(15)6/h12,16H,8-11H2,1-7H3,(H,18,22). The van der Waals surface area contributed by atoms with E-state index in [9.17, 15) is 4.79 Å². The van der Waals surface area contributed by atoms with Crippen LogP contribution >= 0.6 is 0 Å². The number of nitrogens with one attached hydrogen (secondary N) is 1. The molecule has 0 aliphatic carbocycles. The quantitative estimate of drug-likeness (QED) is 0.800. The number of hydrogen-bond acceptors (Lipinski definition) is 3. The monoisotopic (exact) mass is 308 g/mol. The molecule has 1 unspecified atom stereocenters. The van der Waals surface area contributed by atoms with Crippen LogP contribution in [0.5, 0.6) is 0 Å². The molecule has 0 saturated heterocycles. The van der Waals surface area contributed by atoms with Crippen LogP contribution in [0.2, 0.25) is 0 Å². The van der Waals surface area contributed by atoms with Gasteiger partial charge in [-0.1, -0.05) is 27.7 Å². The Morgan fingerprint density at radius 3 is 2.27 bits per heavy atom. The Labute approximate surface area is 135 Å². The first-order valence-electron chi connectivity index (χ1n) is 8.31. The molecule has 5 heteroatoms. The number of likely N-dealkylation sites (N-methyl/N-ethyl adjacent to an activating group) is 1. The topological polar surface area (TPSA) is 50.2 Å². The number of hydrogen-bond donors (Lipinski definition) is 1. The maximum atomic E-state index is 12.3. The largest absolute Gasteiger partial charge is 0.354 e. The van der Waals surface area contributed by atoms with E-state index in [1.807, 2.05) is 25.6 Å². The normalized spacial score (nSPS) is 13.0. The molecule has 126 valence electrons. The van der Waals surface area contributed by atoms with E-state index >= 15 is 0 Å². The molecule has 0 spiro atoms. The fraction of sp³-hybridized carbons (Fsp3) is 0.765. The van der Waals surface area contributed by atoms with Gasteiger partial charge in [0.25, 0.3) is 0 Å². The zero-order valence-corrected chi connectivity index (χ0v) is 15.2. The molecule has 0 bridgehead atoms. The summed E-state index contributed by atoms with van der Waals surface area (Å²) in [6.07, 6.45) is 0.411. The van der Waals surface area contributed by atoms with Crippen molar-refractivity contribution in [1.82, 2.24) is 20.0 Å². The van der Waals surface area contributed by atoms with Crippen LogP contribution in [0.1, 0.15) is 44.6 Å². The number of carbonyl (C=O) groups excluding carboxylic acids is 1. The van der Waals surface area contributed by atoms with Crippen molar-refractivity contribution in [3.8, 4) is 0 Å². The van der Waals surface area contributed by atoms with Crippen LogP contribution in [0.4, 0.5) is 0 Å². The molecule has 0 aromatic carbocycles. The van der Waals surface area contributed by atoms with Crippen LogP contribution in [0.25, 0.3) is 0 Å². The highest BCUT2D eigenvalue weighted by Gasteiger charge is 2.21. The maximum absolute atomic E-state index is 12.3. The molecule has 0 radical (unpaired) electrons. The lowest BCUT2D eigenvalue weighted by Gasteiger charge is -2.32. The van der Waals surface area contributed by atoms with Crippen LogP contribution in [0.3, 0.4) is 0 Å². The minimum absolute atomic E-state index is 0.0806. The molecule has 1 aromatic heterocycles. The van der Waals surface area contributed by atoms with Crippen molar-refractivity contribution in [1.29, 1.82) is 0 Å². The molecule has 1 heterocycles. The lowest BCUT2D eigenvalue weighted by Crippen LogP contribution is -2.47. The second-order valence-corrected chi connectivity index (χ2v) is 6.29. The molecule has 0 aliphatic rings. The molecule has 1 amide bonds. The number of aryl methyl sites for hydroxylation is 2. The van der Waals surface area contributed by atoms with Crippen molar-refractivity contribution < 1.29 is 4.79 Å². The Morgan fingerprint density at radius 2 is 1.86 bits per heavy atom. The lowest BCUT2D eigenvalue weighted by molar-refractivity contribution is -0.120. The SMILES string of the molecule is CCN(CC)C(CNC(=O)Cc1c(C)nn(C)c1C)C(C)C. The highest BCUT2D eigenvalue weighted by Crippen LogP contribution is 2.13. The predicted molar refractivity (Wildman–Crippen MR) is 90.9 cm³/mol. The highest BCUT2D eigenvalue weighted by molar-refractivity contribution is 5.79. The van der Waals surface area contributed by atoms with E-state index in [0.717, 1.165) is 30.0 Å². The van der Waals surface area contributed by atoms with E-state index in [4.69, 9.17) is 0 Å². The number of nitrogens with zero attached hydrogens (tertiary/aromatic N) is 3. The Hall–Kier alpha value is -1.36. The number of amides is 1. The van der Waals surface area contributed by atoms with Crippen LogP contribution in [0.15, 0.2) is 0 Å². The zero-order valence-electron chi connectivity index (χ0n) is 15.2. The van der Waals surface area contributed by atoms with Gasteiger partial charge in [0.15, 0.2) is 0 Å². The van der Waals surface area contributed by atoms with Gasteiger partial charge < -0.3 is 5.32 Å². The molecule has 1 aromatic rings. The van der Waals surface area contributed by atoms with Gasteiger partial charge in [0.2, 0.25) is 5.91 Å². The van der Waals surface area contributed by atoms with E-state index < -0.39 is 0 Å². The van der Waals surface area contributed by atoms with E-state index in [0.29, 0.717) is 24.9 Å². The predicted octanol–water partition coefficient (Wildman–Crippen LogP) is 2.06. The van der Waals surface area contributed by atoms with Crippen molar-refractivity contribution in [2.45, 2.75) is 54.0 Å². The molecule has 1 N–H and O–H groups in total. The van der Waals surface area contributed by atoms with Crippen molar-refractivity contribution in [2.24, 2.45) is 13.0 Å². The van der Waals surface area contributed by atoms with Crippen molar-refractivity contribution in [2.75, 3.05) is 19.6 Å². The van der Waals surface area contributed by atoms with E-state index in [1.54, 1.807) is 0 Å². The van der Waals surface area contributed by atoms with Crippen molar-refractivity contribution >= 4 is 5.91 Å². The minimum Gasteiger partial charge on any atom is -0.354 e. The van der Waals surface area contributed by atoms with Gasteiger partial charge in [-0.05, 0) is 32.9 Å². The van der Waals surface area contributed by atoms with Gasteiger partial charge in [0.1, 0.15) is 0 Å². The number of aromatic nitrogens is 2. The van der Waals surface area contributed by atoms with Crippen LogP contribution in [-0.2, 0) is 18.3 Å². The van der Waals surface area contributed by atoms with Gasteiger partial charge in [-0.3, -0.25) is 14.4 Å². The lowest BCUT2D eigenvalue weighted by atomic mass is 10.0. The summed E-state index contributed by atoms with van der Waals surface area (Å²) in [4.78, 5) is 14.7. The van der Waals surface area contributed by atoms with Crippen LogP contribution in [0, 0.1) is 19.8 Å². The Kier molecular flexibility index (Phi) is 7.07. The summed E-state index contributed by atoms with van der Waals surface area (Å²) < 4.78 is 1.84. The Balaban J connectivity index is 2.64. The minimum atomic E-state index is 0.0806. The van der Waals surface area contributed by atoms with Crippen molar-refractivity contribution in [3.63, 3.8) is 0 Å². The van der Waals surface area contributed by atoms with E-state index in [1.165, 1.54) is 0 Å². The molecular formula is C17H32N4O. The fourth-order valence-corrected chi connectivity index (χ4v) is 2.99. The van der Waals surface area contributed by atoms with Gasteiger partial charge >= 0.3 is 0 Å². The third-order valence-corrected chi connectivity index (χ3v) is 4.56.